The summed E-state index contributed by atoms with van der Waals surface area (Å²) >= 11 is 1.59. The van der Waals surface area contributed by atoms with E-state index in [-0.39, 0.29) is 5.56 Å². The summed E-state index contributed by atoms with van der Waals surface area (Å²) in [6, 6.07) is 5.66. The van der Waals surface area contributed by atoms with Crippen molar-refractivity contribution in [3.8, 4) is 17.2 Å². The number of hydrogen-bond acceptors (Lipinski definition) is 6. The van der Waals surface area contributed by atoms with Crippen LogP contribution in [0.15, 0.2) is 23.0 Å². The van der Waals surface area contributed by atoms with Crippen molar-refractivity contribution in [2.75, 3.05) is 21.3 Å². The highest BCUT2D eigenvalue weighted by atomic mass is 32.1. The Morgan fingerprint density at radius 3 is 2.50 bits per heavy atom. The van der Waals surface area contributed by atoms with Gasteiger partial charge in [-0.25, -0.2) is 4.98 Å². The van der Waals surface area contributed by atoms with Gasteiger partial charge in [0, 0.05) is 23.1 Å². The maximum absolute atomic E-state index is 12.9. The van der Waals surface area contributed by atoms with Crippen LogP contribution in [0.4, 0.5) is 0 Å². The summed E-state index contributed by atoms with van der Waals surface area (Å²) in [5, 5.41) is 0.718. The van der Waals surface area contributed by atoms with Gasteiger partial charge >= 0.3 is 0 Å². The number of ether oxygens (including phenoxy) is 3. The molecule has 1 aliphatic heterocycles. The van der Waals surface area contributed by atoms with E-state index < -0.39 is 0 Å². The van der Waals surface area contributed by atoms with Crippen molar-refractivity contribution in [2.45, 2.75) is 26.3 Å². The smallest absolute Gasteiger partial charge is 0.262 e. The van der Waals surface area contributed by atoms with E-state index in [4.69, 9.17) is 19.2 Å². The molecule has 28 heavy (non-hydrogen) atoms. The van der Waals surface area contributed by atoms with Gasteiger partial charge in [0.1, 0.15) is 16.4 Å². The highest BCUT2D eigenvalue weighted by Gasteiger charge is 2.23. The highest BCUT2D eigenvalue weighted by molar-refractivity contribution is 7.18. The molecule has 4 rings (SSSR count). The first-order valence-corrected chi connectivity index (χ1v) is 9.95. The Hall–Kier alpha value is -2.80. The molecule has 0 spiro atoms. The Balaban J connectivity index is 1.86. The summed E-state index contributed by atoms with van der Waals surface area (Å²) in [7, 11) is 4.82. The SMILES string of the molecule is CCc1cc2c(=O)n3c(nc2s1)C(=Cc1cc(OC)c(OC)cc1OC)CC3. The first-order chi connectivity index (χ1) is 13.6. The second kappa shape index (κ2) is 7.31. The predicted octanol–water partition coefficient (Wildman–Crippen LogP) is 3.99. The summed E-state index contributed by atoms with van der Waals surface area (Å²) in [6.07, 6.45) is 3.67. The maximum atomic E-state index is 12.9. The lowest BCUT2D eigenvalue weighted by atomic mass is 10.1. The molecule has 3 heterocycles. The molecule has 0 aliphatic carbocycles. The molecule has 3 aromatic rings. The quantitative estimate of drug-likeness (QED) is 0.650. The Morgan fingerprint density at radius 1 is 1.11 bits per heavy atom. The van der Waals surface area contributed by atoms with Crippen LogP contribution in [0, 0.1) is 0 Å². The number of thiophene rings is 1. The van der Waals surface area contributed by atoms with Crippen molar-refractivity contribution in [1.29, 1.82) is 0 Å². The molecule has 146 valence electrons. The van der Waals surface area contributed by atoms with E-state index in [0.717, 1.165) is 40.0 Å². The van der Waals surface area contributed by atoms with Gasteiger partial charge in [-0.05, 0) is 36.6 Å². The van der Waals surface area contributed by atoms with Crippen molar-refractivity contribution in [2.24, 2.45) is 0 Å². The first-order valence-electron chi connectivity index (χ1n) is 9.13. The van der Waals surface area contributed by atoms with Gasteiger partial charge < -0.3 is 14.2 Å². The van der Waals surface area contributed by atoms with Crippen LogP contribution in [0.3, 0.4) is 0 Å². The number of methoxy groups -OCH3 is 3. The number of benzene rings is 1. The van der Waals surface area contributed by atoms with Crippen LogP contribution >= 0.6 is 11.3 Å². The molecule has 0 N–H and O–H groups in total. The van der Waals surface area contributed by atoms with E-state index in [1.54, 1.807) is 43.3 Å². The Labute approximate surface area is 167 Å². The lowest BCUT2D eigenvalue weighted by Crippen LogP contribution is -2.19. The third-order valence-electron chi connectivity index (χ3n) is 5.01. The number of rotatable bonds is 5. The number of aryl methyl sites for hydroxylation is 1. The largest absolute Gasteiger partial charge is 0.496 e. The van der Waals surface area contributed by atoms with Gasteiger partial charge in [0.05, 0.1) is 26.7 Å². The standard InChI is InChI=1S/C21H22N2O4S/c1-5-14-10-15-20(28-14)22-19-12(6-7-23(19)21(15)24)8-13-9-17(26-3)18(27-4)11-16(13)25-2/h8-11H,5-7H2,1-4H3. The fourth-order valence-electron chi connectivity index (χ4n) is 3.53. The summed E-state index contributed by atoms with van der Waals surface area (Å²) in [5.41, 5.74) is 1.91. The molecule has 0 amide bonds. The van der Waals surface area contributed by atoms with E-state index in [1.807, 2.05) is 18.2 Å². The molecule has 6 nitrogen and oxygen atoms in total. The molecule has 0 saturated carbocycles. The molecule has 1 aliphatic rings. The third-order valence-corrected chi connectivity index (χ3v) is 6.18. The van der Waals surface area contributed by atoms with Crippen molar-refractivity contribution >= 4 is 33.2 Å². The molecule has 0 radical (unpaired) electrons. The Bertz CT molecular complexity index is 1140. The fourth-order valence-corrected chi connectivity index (χ4v) is 4.48. The maximum Gasteiger partial charge on any atom is 0.262 e. The minimum Gasteiger partial charge on any atom is -0.496 e. The van der Waals surface area contributed by atoms with E-state index in [1.165, 1.54) is 4.88 Å². The molecule has 2 aromatic heterocycles. The summed E-state index contributed by atoms with van der Waals surface area (Å²) in [6.45, 7) is 2.72. The zero-order valence-corrected chi connectivity index (χ0v) is 17.2. The molecule has 1 aromatic carbocycles. The van der Waals surface area contributed by atoms with Gasteiger partial charge in [-0.15, -0.1) is 11.3 Å². The van der Waals surface area contributed by atoms with Gasteiger partial charge in [-0.2, -0.15) is 0 Å². The van der Waals surface area contributed by atoms with E-state index >= 15 is 0 Å². The Kier molecular flexibility index (Phi) is 4.85. The minimum absolute atomic E-state index is 0.0404. The number of allylic oxidation sites excluding steroid dienone is 1. The second-order valence-corrected chi connectivity index (χ2v) is 7.66. The molecule has 0 saturated heterocycles. The number of hydrogen-bond donors (Lipinski definition) is 0. The Morgan fingerprint density at radius 2 is 1.82 bits per heavy atom. The molecular weight excluding hydrogens is 376 g/mol. The van der Waals surface area contributed by atoms with Crippen molar-refractivity contribution in [3.63, 3.8) is 0 Å². The minimum atomic E-state index is 0.0404. The normalized spacial score (nSPS) is 14.5. The predicted molar refractivity (Wildman–Crippen MR) is 112 cm³/mol. The summed E-state index contributed by atoms with van der Waals surface area (Å²) in [4.78, 5) is 19.7. The third kappa shape index (κ3) is 2.96. The average molecular weight is 398 g/mol. The van der Waals surface area contributed by atoms with Gasteiger partial charge in [-0.1, -0.05) is 6.92 Å². The van der Waals surface area contributed by atoms with Gasteiger partial charge in [0.15, 0.2) is 11.5 Å². The number of aromatic nitrogens is 2. The monoisotopic (exact) mass is 398 g/mol. The zero-order chi connectivity index (χ0) is 19.8. The van der Waals surface area contributed by atoms with Crippen LogP contribution in [0.1, 0.15) is 29.6 Å². The van der Waals surface area contributed by atoms with Crippen LogP contribution in [-0.2, 0) is 13.0 Å². The van der Waals surface area contributed by atoms with E-state index in [2.05, 4.69) is 6.92 Å². The van der Waals surface area contributed by atoms with Crippen molar-refractivity contribution in [3.05, 3.63) is 44.8 Å². The molecular formula is C21H22N2O4S. The topological polar surface area (TPSA) is 62.6 Å². The lowest BCUT2D eigenvalue weighted by molar-refractivity contribution is 0.348. The van der Waals surface area contributed by atoms with Crippen LogP contribution in [0.2, 0.25) is 0 Å². The van der Waals surface area contributed by atoms with Crippen molar-refractivity contribution in [1.82, 2.24) is 9.55 Å². The van der Waals surface area contributed by atoms with Gasteiger partial charge in [0.2, 0.25) is 0 Å². The molecule has 0 bridgehead atoms. The number of fused-ring (bicyclic) bond motifs is 2. The van der Waals surface area contributed by atoms with Crippen LogP contribution in [-0.4, -0.2) is 30.9 Å². The lowest BCUT2D eigenvalue weighted by Gasteiger charge is -2.12. The molecule has 0 atom stereocenters. The first kappa shape index (κ1) is 18.6. The van der Waals surface area contributed by atoms with Crippen LogP contribution in [0.25, 0.3) is 21.9 Å². The second-order valence-electron chi connectivity index (χ2n) is 6.55. The molecule has 0 unspecified atom stereocenters. The molecule has 0 fully saturated rings. The van der Waals surface area contributed by atoms with E-state index in [0.29, 0.717) is 23.8 Å². The van der Waals surface area contributed by atoms with Crippen molar-refractivity contribution < 1.29 is 14.2 Å². The zero-order valence-electron chi connectivity index (χ0n) is 16.4. The molecule has 7 heteroatoms. The fraction of sp³-hybridized carbons (Fsp3) is 0.333. The number of nitrogens with zero attached hydrogens (tertiary/aromatic N) is 2. The van der Waals surface area contributed by atoms with Gasteiger partial charge in [0.25, 0.3) is 5.56 Å². The van der Waals surface area contributed by atoms with Crippen LogP contribution in [0.5, 0.6) is 17.2 Å². The van der Waals surface area contributed by atoms with Crippen LogP contribution < -0.4 is 19.8 Å². The summed E-state index contributed by atoms with van der Waals surface area (Å²) < 4.78 is 18.1. The highest BCUT2D eigenvalue weighted by Crippen LogP contribution is 2.38. The van der Waals surface area contributed by atoms with E-state index in [9.17, 15) is 4.79 Å². The average Bonchev–Trinajstić information content (AvgIpc) is 3.32. The summed E-state index contributed by atoms with van der Waals surface area (Å²) in [5.74, 6) is 2.64. The van der Waals surface area contributed by atoms with Gasteiger partial charge in [-0.3, -0.25) is 9.36 Å².